The zero-order valence-electron chi connectivity index (χ0n) is 11.6. The van der Waals surface area contributed by atoms with Gasteiger partial charge in [0.2, 0.25) is 0 Å². The molecule has 6 heteroatoms. The predicted molar refractivity (Wildman–Crippen MR) is 85.1 cm³/mol. The number of morpholine rings is 1. The van der Waals surface area contributed by atoms with Crippen LogP contribution in [0.3, 0.4) is 0 Å². The molecule has 2 atom stereocenters. The molecule has 1 aromatic rings. The summed E-state index contributed by atoms with van der Waals surface area (Å²) in [5, 5.41) is 4.84. The maximum atomic E-state index is 6.24. The summed E-state index contributed by atoms with van der Waals surface area (Å²) < 4.78 is 5.72. The van der Waals surface area contributed by atoms with E-state index in [-0.39, 0.29) is 12.1 Å². The van der Waals surface area contributed by atoms with Gasteiger partial charge < -0.3 is 15.0 Å². The number of hydrogen-bond acceptors (Lipinski definition) is 3. The summed E-state index contributed by atoms with van der Waals surface area (Å²) in [5.41, 5.74) is 0.949. The van der Waals surface area contributed by atoms with Gasteiger partial charge >= 0.3 is 0 Å². The second-order valence-electron chi connectivity index (χ2n) is 5.15. The molecule has 1 aromatic carbocycles. The van der Waals surface area contributed by atoms with Gasteiger partial charge in [0, 0.05) is 25.7 Å². The van der Waals surface area contributed by atoms with Gasteiger partial charge in [0.15, 0.2) is 0 Å². The molecule has 1 heterocycles. The molecule has 1 aliphatic heterocycles. The van der Waals surface area contributed by atoms with Crippen molar-refractivity contribution in [2.45, 2.75) is 19.1 Å². The zero-order valence-corrected chi connectivity index (χ0v) is 13.9. The van der Waals surface area contributed by atoms with E-state index in [2.05, 4.69) is 24.2 Å². The molecule has 20 heavy (non-hydrogen) atoms. The molecule has 0 aromatic heterocycles. The van der Waals surface area contributed by atoms with Crippen molar-refractivity contribution >= 4 is 34.8 Å². The number of ether oxygens (including phenoxy) is 1. The van der Waals surface area contributed by atoms with E-state index in [1.807, 2.05) is 6.07 Å². The average Bonchev–Trinajstić information content (AvgIpc) is 2.42. The second kappa shape index (κ2) is 7.30. The lowest BCUT2D eigenvalue weighted by atomic mass is 10.1. The monoisotopic (exact) mass is 336 g/mol. The van der Waals surface area contributed by atoms with Gasteiger partial charge in [-0.15, -0.1) is 0 Å². The van der Waals surface area contributed by atoms with Gasteiger partial charge in [0.05, 0.1) is 27.8 Å². The molecule has 1 saturated heterocycles. The highest BCUT2D eigenvalue weighted by atomic mass is 35.5. The number of nitrogens with zero attached hydrogens (tertiary/aromatic N) is 1. The molecule has 3 nitrogen and oxygen atoms in total. The van der Waals surface area contributed by atoms with Crippen LogP contribution in [0.5, 0.6) is 0 Å². The van der Waals surface area contributed by atoms with Crippen molar-refractivity contribution in [3.05, 3.63) is 32.8 Å². The highest BCUT2D eigenvalue weighted by Crippen LogP contribution is 2.35. The predicted octanol–water partition coefficient (Wildman–Crippen LogP) is 3.63. The minimum Gasteiger partial charge on any atom is -0.374 e. The van der Waals surface area contributed by atoms with E-state index in [9.17, 15) is 0 Å². The molecule has 1 fully saturated rings. The minimum absolute atomic E-state index is 0.0908. The van der Waals surface area contributed by atoms with Gasteiger partial charge in [0.25, 0.3) is 0 Å². The highest BCUT2D eigenvalue weighted by Gasteiger charge is 2.19. The number of likely N-dealkylation sites (N-methyl/N-ethyl adjacent to an activating group) is 1. The Morgan fingerprint density at radius 2 is 2.10 bits per heavy atom. The number of hydrogen-bond donors (Lipinski definition) is 1. The molecular weight excluding hydrogens is 319 g/mol. The lowest BCUT2D eigenvalue weighted by Gasteiger charge is -2.31. The molecule has 0 spiro atoms. The van der Waals surface area contributed by atoms with E-state index in [4.69, 9.17) is 39.5 Å². The molecule has 1 aliphatic rings. The quantitative estimate of drug-likeness (QED) is 0.849. The third kappa shape index (κ3) is 4.00. The Morgan fingerprint density at radius 3 is 2.80 bits per heavy atom. The fourth-order valence-corrected chi connectivity index (χ4v) is 2.99. The van der Waals surface area contributed by atoms with Gasteiger partial charge in [-0.3, -0.25) is 0 Å². The van der Waals surface area contributed by atoms with E-state index in [1.54, 1.807) is 6.07 Å². The summed E-state index contributed by atoms with van der Waals surface area (Å²) in [6, 6.07) is 3.77. The smallest absolute Gasteiger partial charge is 0.0826 e. The van der Waals surface area contributed by atoms with Gasteiger partial charge in [0.1, 0.15) is 0 Å². The van der Waals surface area contributed by atoms with Crippen molar-refractivity contribution < 1.29 is 4.74 Å². The summed E-state index contributed by atoms with van der Waals surface area (Å²) in [5.74, 6) is 0. The van der Waals surface area contributed by atoms with Gasteiger partial charge in [-0.25, -0.2) is 0 Å². The summed E-state index contributed by atoms with van der Waals surface area (Å²) in [4.78, 5) is 2.27. The van der Waals surface area contributed by atoms with Crippen LogP contribution >= 0.6 is 34.8 Å². The van der Waals surface area contributed by atoms with E-state index in [1.165, 1.54) is 0 Å². The number of halogens is 3. The maximum absolute atomic E-state index is 6.24. The number of nitrogens with one attached hydrogen (secondary N) is 1. The van der Waals surface area contributed by atoms with Gasteiger partial charge in [-0.1, -0.05) is 40.9 Å². The largest absolute Gasteiger partial charge is 0.374 e. The third-order valence-corrected chi connectivity index (χ3v) is 4.83. The Kier molecular flexibility index (Phi) is 5.96. The topological polar surface area (TPSA) is 24.5 Å². The Labute approximate surface area is 135 Å². The standard InChI is InChI=1S/C14H19Cl3N2O/c1-9(11-3-4-12(15)14(17)13(11)16)18-7-10-8-19(2)5-6-20-10/h3-4,9-10,18H,5-8H2,1-2H3. The van der Waals surface area contributed by atoms with Crippen molar-refractivity contribution in [2.24, 2.45) is 0 Å². The summed E-state index contributed by atoms with van der Waals surface area (Å²) >= 11 is 18.3. The highest BCUT2D eigenvalue weighted by molar-refractivity contribution is 6.48. The van der Waals surface area contributed by atoms with Crippen LogP contribution in [0.15, 0.2) is 12.1 Å². The first kappa shape index (κ1) is 16.3. The molecule has 2 unspecified atom stereocenters. The molecule has 0 bridgehead atoms. The third-order valence-electron chi connectivity index (χ3n) is 3.53. The Balaban J connectivity index is 1.95. The Morgan fingerprint density at radius 1 is 1.35 bits per heavy atom. The molecule has 0 saturated carbocycles. The van der Waals surface area contributed by atoms with Crippen LogP contribution in [0.1, 0.15) is 18.5 Å². The van der Waals surface area contributed by atoms with E-state index < -0.39 is 0 Å². The first-order valence-corrected chi connectivity index (χ1v) is 7.79. The zero-order chi connectivity index (χ0) is 14.7. The molecule has 0 aliphatic carbocycles. The lowest BCUT2D eigenvalue weighted by molar-refractivity contribution is -0.0190. The number of rotatable bonds is 4. The molecule has 2 rings (SSSR count). The fourth-order valence-electron chi connectivity index (χ4n) is 2.28. The molecule has 0 amide bonds. The normalized spacial score (nSPS) is 21.9. The van der Waals surface area contributed by atoms with Crippen LogP contribution in [0.4, 0.5) is 0 Å². The van der Waals surface area contributed by atoms with Crippen LogP contribution in [-0.4, -0.2) is 44.3 Å². The SMILES string of the molecule is CC(NCC1CN(C)CCO1)c1ccc(Cl)c(Cl)c1Cl. The van der Waals surface area contributed by atoms with Crippen molar-refractivity contribution in [3.63, 3.8) is 0 Å². The van der Waals surface area contributed by atoms with Crippen molar-refractivity contribution in [2.75, 3.05) is 33.3 Å². The first-order valence-electron chi connectivity index (χ1n) is 6.66. The Hall–Kier alpha value is -0.0300. The van der Waals surface area contributed by atoms with E-state index in [0.717, 1.165) is 31.8 Å². The molecule has 1 N–H and O–H groups in total. The van der Waals surface area contributed by atoms with Crippen molar-refractivity contribution in [3.8, 4) is 0 Å². The van der Waals surface area contributed by atoms with Crippen LogP contribution in [0, 0.1) is 0 Å². The van der Waals surface area contributed by atoms with Gasteiger partial charge in [-0.2, -0.15) is 0 Å². The molecular formula is C14H19Cl3N2O. The summed E-state index contributed by atoms with van der Waals surface area (Å²) in [6.07, 6.45) is 0.206. The van der Waals surface area contributed by atoms with E-state index >= 15 is 0 Å². The minimum atomic E-state index is 0.0908. The van der Waals surface area contributed by atoms with Crippen LogP contribution in [0.2, 0.25) is 15.1 Å². The average molecular weight is 338 g/mol. The van der Waals surface area contributed by atoms with E-state index in [0.29, 0.717) is 15.1 Å². The molecule has 0 radical (unpaired) electrons. The van der Waals surface area contributed by atoms with Crippen LogP contribution in [-0.2, 0) is 4.74 Å². The van der Waals surface area contributed by atoms with Crippen LogP contribution in [0.25, 0.3) is 0 Å². The second-order valence-corrected chi connectivity index (χ2v) is 6.31. The molecule has 112 valence electrons. The number of benzene rings is 1. The van der Waals surface area contributed by atoms with Crippen molar-refractivity contribution in [1.82, 2.24) is 10.2 Å². The summed E-state index contributed by atoms with van der Waals surface area (Å²) in [6.45, 7) is 5.55. The summed E-state index contributed by atoms with van der Waals surface area (Å²) in [7, 11) is 2.11. The fraction of sp³-hybridized carbons (Fsp3) is 0.571. The first-order chi connectivity index (χ1) is 9.49. The van der Waals surface area contributed by atoms with Gasteiger partial charge in [-0.05, 0) is 25.6 Å². The van der Waals surface area contributed by atoms with Crippen molar-refractivity contribution in [1.29, 1.82) is 0 Å². The lowest BCUT2D eigenvalue weighted by Crippen LogP contribution is -2.45. The maximum Gasteiger partial charge on any atom is 0.0826 e. The Bertz CT molecular complexity index is 470. The van der Waals surface area contributed by atoms with Crippen LogP contribution < -0.4 is 5.32 Å².